The molecule has 2 heterocycles. The van der Waals surface area contributed by atoms with Crippen molar-refractivity contribution in [1.82, 2.24) is 15.2 Å². The fraction of sp³-hybridized carbons (Fsp3) is 0.318. The molecule has 1 aliphatic heterocycles. The molecule has 1 aromatic heterocycles. The van der Waals surface area contributed by atoms with Gasteiger partial charge < -0.3 is 5.32 Å². The Hall–Kier alpha value is -2.23. The molecule has 0 amide bonds. The minimum atomic E-state index is 0.262. The van der Waals surface area contributed by atoms with Gasteiger partial charge in [0.2, 0.25) is 0 Å². The van der Waals surface area contributed by atoms with E-state index in [1.54, 1.807) is 0 Å². The molecule has 25 heavy (non-hydrogen) atoms. The second-order valence-corrected chi connectivity index (χ2v) is 6.91. The van der Waals surface area contributed by atoms with Crippen LogP contribution in [0.4, 0.5) is 0 Å². The Morgan fingerprint density at radius 3 is 2.68 bits per heavy atom. The van der Waals surface area contributed by atoms with Crippen molar-refractivity contribution in [3.8, 4) is 0 Å². The molecule has 1 unspecified atom stereocenters. The van der Waals surface area contributed by atoms with Crippen LogP contribution in [0.5, 0.6) is 0 Å². The summed E-state index contributed by atoms with van der Waals surface area (Å²) >= 11 is 0. The van der Waals surface area contributed by atoms with Gasteiger partial charge in [-0.25, -0.2) is 0 Å². The van der Waals surface area contributed by atoms with E-state index in [2.05, 4.69) is 71.9 Å². The minimum Gasteiger partial charge on any atom is -0.315 e. The van der Waals surface area contributed by atoms with E-state index in [0.717, 1.165) is 31.7 Å². The smallest absolute Gasteiger partial charge is 0.0702 e. The number of para-hydroxylation sites is 1. The highest BCUT2D eigenvalue weighted by Gasteiger charge is 2.23. The first kappa shape index (κ1) is 16.2. The van der Waals surface area contributed by atoms with Gasteiger partial charge in [-0.3, -0.25) is 9.88 Å². The van der Waals surface area contributed by atoms with Crippen LogP contribution in [0.1, 0.15) is 29.2 Å². The maximum absolute atomic E-state index is 4.72. The molecule has 3 heteroatoms. The zero-order chi connectivity index (χ0) is 17.1. The van der Waals surface area contributed by atoms with E-state index < -0.39 is 0 Å². The highest BCUT2D eigenvalue weighted by Crippen LogP contribution is 2.30. The van der Waals surface area contributed by atoms with Gasteiger partial charge in [-0.1, -0.05) is 48.0 Å². The van der Waals surface area contributed by atoms with Gasteiger partial charge in [0.15, 0.2) is 0 Å². The Balaban J connectivity index is 1.78. The molecule has 1 N–H and O–H groups in total. The molecule has 2 aromatic carbocycles. The third-order valence-electron chi connectivity index (χ3n) is 5.06. The van der Waals surface area contributed by atoms with Gasteiger partial charge in [0.1, 0.15) is 0 Å². The first-order valence-corrected chi connectivity index (χ1v) is 9.17. The molecular weight excluding hydrogens is 306 g/mol. The summed E-state index contributed by atoms with van der Waals surface area (Å²) in [6.45, 7) is 6.46. The maximum atomic E-state index is 4.72. The van der Waals surface area contributed by atoms with Crippen molar-refractivity contribution in [2.24, 2.45) is 0 Å². The average molecular weight is 331 g/mol. The highest BCUT2D eigenvalue weighted by molar-refractivity contribution is 5.79. The number of fused-ring (bicyclic) bond motifs is 1. The van der Waals surface area contributed by atoms with Crippen LogP contribution in [0.25, 0.3) is 10.9 Å². The molecule has 1 fully saturated rings. The lowest BCUT2D eigenvalue weighted by atomic mass is 9.96. The largest absolute Gasteiger partial charge is 0.315 e. The SMILES string of the molecule is Cc1ccc(C(c2cnc3ccccc3c2)N2CCCNCC2)cc1. The zero-order valence-electron chi connectivity index (χ0n) is 14.8. The summed E-state index contributed by atoms with van der Waals surface area (Å²) < 4.78 is 0. The lowest BCUT2D eigenvalue weighted by Gasteiger charge is -2.31. The number of nitrogens with zero attached hydrogens (tertiary/aromatic N) is 2. The van der Waals surface area contributed by atoms with Gasteiger partial charge in [0.05, 0.1) is 11.6 Å². The number of benzene rings is 2. The van der Waals surface area contributed by atoms with Crippen LogP contribution in [-0.4, -0.2) is 36.1 Å². The molecule has 3 nitrogen and oxygen atoms in total. The van der Waals surface area contributed by atoms with Crippen molar-refractivity contribution in [2.75, 3.05) is 26.2 Å². The maximum Gasteiger partial charge on any atom is 0.0702 e. The fourth-order valence-corrected chi connectivity index (χ4v) is 3.73. The summed E-state index contributed by atoms with van der Waals surface area (Å²) in [4.78, 5) is 7.31. The van der Waals surface area contributed by atoms with Gasteiger partial charge in [0.25, 0.3) is 0 Å². The second-order valence-electron chi connectivity index (χ2n) is 6.91. The normalized spacial score (nSPS) is 17.3. The van der Waals surface area contributed by atoms with Crippen molar-refractivity contribution in [2.45, 2.75) is 19.4 Å². The van der Waals surface area contributed by atoms with Crippen molar-refractivity contribution in [3.05, 3.63) is 77.5 Å². The first-order valence-electron chi connectivity index (χ1n) is 9.17. The summed E-state index contributed by atoms with van der Waals surface area (Å²) in [5.74, 6) is 0. The van der Waals surface area contributed by atoms with E-state index in [0.29, 0.717) is 0 Å². The van der Waals surface area contributed by atoms with Gasteiger partial charge in [0, 0.05) is 31.2 Å². The van der Waals surface area contributed by atoms with Crippen LogP contribution in [0.15, 0.2) is 60.8 Å². The summed E-state index contributed by atoms with van der Waals surface area (Å²) in [6.07, 6.45) is 3.24. The molecule has 0 spiro atoms. The van der Waals surface area contributed by atoms with Crippen LogP contribution in [-0.2, 0) is 0 Å². The zero-order valence-corrected chi connectivity index (χ0v) is 14.8. The van der Waals surface area contributed by atoms with Crippen molar-refractivity contribution in [3.63, 3.8) is 0 Å². The van der Waals surface area contributed by atoms with Gasteiger partial charge in [-0.2, -0.15) is 0 Å². The molecule has 1 atom stereocenters. The number of aromatic nitrogens is 1. The van der Waals surface area contributed by atoms with Gasteiger partial charge in [-0.05, 0) is 43.1 Å². The number of hydrogen-bond donors (Lipinski definition) is 1. The lowest BCUT2D eigenvalue weighted by molar-refractivity contribution is 0.241. The molecule has 0 aliphatic carbocycles. The van der Waals surface area contributed by atoms with Crippen molar-refractivity contribution in [1.29, 1.82) is 0 Å². The summed E-state index contributed by atoms with van der Waals surface area (Å²) in [6, 6.07) is 19.9. The lowest BCUT2D eigenvalue weighted by Crippen LogP contribution is -2.33. The molecule has 1 saturated heterocycles. The number of pyridine rings is 1. The molecule has 0 saturated carbocycles. The number of hydrogen-bond acceptors (Lipinski definition) is 3. The number of nitrogens with one attached hydrogen (secondary N) is 1. The number of aryl methyl sites for hydroxylation is 1. The van der Waals surface area contributed by atoms with E-state index in [-0.39, 0.29) is 6.04 Å². The number of rotatable bonds is 3. The first-order chi connectivity index (χ1) is 12.3. The van der Waals surface area contributed by atoms with Crippen LogP contribution < -0.4 is 5.32 Å². The third-order valence-corrected chi connectivity index (χ3v) is 5.06. The Morgan fingerprint density at radius 1 is 0.960 bits per heavy atom. The summed E-state index contributed by atoms with van der Waals surface area (Å²) in [5.41, 5.74) is 5.00. The van der Waals surface area contributed by atoms with E-state index in [4.69, 9.17) is 4.98 Å². The molecule has 1 aliphatic rings. The Bertz CT molecular complexity index is 833. The monoisotopic (exact) mass is 331 g/mol. The van der Waals surface area contributed by atoms with E-state index in [1.807, 2.05) is 6.07 Å². The third kappa shape index (κ3) is 3.58. The topological polar surface area (TPSA) is 28.2 Å². The Labute approximate surface area is 149 Å². The molecule has 4 rings (SSSR count). The molecule has 0 bridgehead atoms. The van der Waals surface area contributed by atoms with Crippen molar-refractivity contribution < 1.29 is 0 Å². The summed E-state index contributed by atoms with van der Waals surface area (Å²) in [5, 5.41) is 4.73. The average Bonchev–Trinajstić information content (AvgIpc) is 2.93. The predicted molar refractivity (Wildman–Crippen MR) is 104 cm³/mol. The molecule has 128 valence electrons. The Kier molecular flexibility index (Phi) is 4.77. The highest BCUT2D eigenvalue weighted by atomic mass is 15.2. The van der Waals surface area contributed by atoms with E-state index in [9.17, 15) is 0 Å². The van der Waals surface area contributed by atoms with Gasteiger partial charge >= 0.3 is 0 Å². The molecule has 0 radical (unpaired) electrons. The predicted octanol–water partition coefficient (Wildman–Crippen LogP) is 3.93. The fourth-order valence-electron chi connectivity index (χ4n) is 3.73. The quantitative estimate of drug-likeness (QED) is 0.788. The van der Waals surface area contributed by atoms with Crippen LogP contribution in [0.2, 0.25) is 0 Å². The van der Waals surface area contributed by atoms with E-state index >= 15 is 0 Å². The standard InChI is InChI=1S/C22H25N3/c1-17-7-9-18(10-8-17)22(25-13-4-11-23-12-14-25)20-15-19-5-2-3-6-21(19)24-16-20/h2-3,5-10,15-16,22-23H,4,11-14H2,1H3. The Morgan fingerprint density at radius 2 is 1.80 bits per heavy atom. The van der Waals surface area contributed by atoms with Crippen molar-refractivity contribution >= 4 is 10.9 Å². The van der Waals surface area contributed by atoms with Crippen LogP contribution >= 0.6 is 0 Å². The van der Waals surface area contributed by atoms with E-state index in [1.165, 1.54) is 28.5 Å². The minimum absolute atomic E-state index is 0.262. The molecule has 3 aromatic rings. The molecular formula is C22H25N3. The second kappa shape index (κ2) is 7.34. The summed E-state index contributed by atoms with van der Waals surface area (Å²) in [7, 11) is 0. The van der Waals surface area contributed by atoms with Crippen LogP contribution in [0, 0.1) is 6.92 Å². The van der Waals surface area contributed by atoms with Crippen LogP contribution in [0.3, 0.4) is 0 Å². The van der Waals surface area contributed by atoms with Gasteiger partial charge in [-0.15, -0.1) is 0 Å².